The molecule has 5 nitrogen and oxygen atoms in total. The molecule has 4 rings (SSSR count). The number of imidazole rings is 1. The normalized spacial score (nSPS) is 14.4. The Bertz CT molecular complexity index is 1100. The number of aliphatic imine (C=N–C) groups is 1. The Hall–Kier alpha value is -3.21. The average molecular weight is 386 g/mol. The van der Waals surface area contributed by atoms with Gasteiger partial charge in [-0.2, -0.15) is 0 Å². The molecule has 1 aromatic carbocycles. The number of dihydropyridines is 1. The number of nitrogens with one attached hydrogen (secondary N) is 1. The van der Waals surface area contributed by atoms with E-state index in [1.54, 1.807) is 6.20 Å². The maximum atomic E-state index is 12.5. The minimum absolute atomic E-state index is 0.0724. The van der Waals surface area contributed by atoms with Crippen molar-refractivity contribution < 1.29 is 4.79 Å². The van der Waals surface area contributed by atoms with Crippen molar-refractivity contribution in [3.8, 4) is 0 Å². The van der Waals surface area contributed by atoms with Crippen LogP contribution >= 0.6 is 0 Å². The molecule has 0 fully saturated rings. The predicted octanol–water partition coefficient (Wildman–Crippen LogP) is 4.54. The summed E-state index contributed by atoms with van der Waals surface area (Å²) >= 11 is 0. The van der Waals surface area contributed by atoms with Gasteiger partial charge in [0, 0.05) is 48.2 Å². The Morgan fingerprint density at radius 2 is 1.93 bits per heavy atom. The van der Waals surface area contributed by atoms with Crippen molar-refractivity contribution in [1.82, 2.24) is 14.7 Å². The van der Waals surface area contributed by atoms with Crippen LogP contribution in [0.1, 0.15) is 48.7 Å². The summed E-state index contributed by atoms with van der Waals surface area (Å²) < 4.78 is 1.95. The molecule has 0 spiro atoms. The predicted molar refractivity (Wildman–Crippen MR) is 117 cm³/mol. The number of amides is 1. The molecule has 3 aromatic rings. The molecule has 0 unspecified atom stereocenters. The standard InChI is InChI=1S/C24H26N4O/c1-24(2,3)21-14-20(10-11-25-21)18-5-7-19(8-6-18)23(29)27-15-17-4-9-22-26-12-13-28(22)16-17/h4-10,12-13,16H,11,14-15H2,1-3H3,(H,27,29). The number of hydrogen-bond acceptors (Lipinski definition) is 3. The van der Waals surface area contributed by atoms with Crippen LogP contribution in [0.5, 0.6) is 0 Å². The maximum Gasteiger partial charge on any atom is 0.251 e. The van der Waals surface area contributed by atoms with Crippen molar-refractivity contribution in [2.75, 3.05) is 6.54 Å². The van der Waals surface area contributed by atoms with Crippen molar-refractivity contribution in [2.45, 2.75) is 33.7 Å². The largest absolute Gasteiger partial charge is 0.348 e. The number of nitrogens with zero attached hydrogens (tertiary/aromatic N) is 3. The number of allylic oxidation sites excluding steroid dienone is 1. The molecular formula is C24H26N4O. The van der Waals surface area contributed by atoms with Gasteiger partial charge in [-0.25, -0.2) is 4.98 Å². The number of carbonyl (C=O) groups is 1. The van der Waals surface area contributed by atoms with Gasteiger partial charge in [0.25, 0.3) is 5.91 Å². The van der Waals surface area contributed by atoms with E-state index in [0.717, 1.165) is 29.7 Å². The van der Waals surface area contributed by atoms with E-state index < -0.39 is 0 Å². The highest BCUT2D eigenvalue weighted by molar-refractivity contribution is 5.99. The van der Waals surface area contributed by atoms with Crippen LogP contribution in [0.4, 0.5) is 0 Å². The molecule has 5 heteroatoms. The average Bonchev–Trinajstić information content (AvgIpc) is 3.19. The molecule has 0 aliphatic carbocycles. The van der Waals surface area contributed by atoms with Gasteiger partial charge in [-0.3, -0.25) is 9.79 Å². The van der Waals surface area contributed by atoms with Gasteiger partial charge in [-0.05, 0) is 34.9 Å². The van der Waals surface area contributed by atoms with E-state index in [1.807, 2.05) is 53.2 Å². The summed E-state index contributed by atoms with van der Waals surface area (Å²) in [5.41, 5.74) is 6.34. The van der Waals surface area contributed by atoms with E-state index in [-0.39, 0.29) is 11.3 Å². The highest BCUT2D eigenvalue weighted by atomic mass is 16.1. The number of benzene rings is 1. The fourth-order valence-electron chi connectivity index (χ4n) is 3.49. The minimum atomic E-state index is -0.0724. The highest BCUT2D eigenvalue weighted by Gasteiger charge is 2.22. The molecule has 2 aromatic heterocycles. The molecule has 0 radical (unpaired) electrons. The van der Waals surface area contributed by atoms with Crippen molar-refractivity contribution in [3.63, 3.8) is 0 Å². The first-order valence-electron chi connectivity index (χ1n) is 9.93. The van der Waals surface area contributed by atoms with Gasteiger partial charge in [-0.15, -0.1) is 0 Å². The van der Waals surface area contributed by atoms with E-state index in [0.29, 0.717) is 12.1 Å². The summed E-state index contributed by atoms with van der Waals surface area (Å²) in [6.07, 6.45) is 8.68. The number of rotatable bonds is 4. The summed E-state index contributed by atoms with van der Waals surface area (Å²) in [6, 6.07) is 11.8. The highest BCUT2D eigenvalue weighted by Crippen LogP contribution is 2.29. The Labute approximate surface area is 171 Å². The smallest absolute Gasteiger partial charge is 0.251 e. The third kappa shape index (κ3) is 4.29. The number of pyridine rings is 1. The lowest BCUT2D eigenvalue weighted by atomic mass is 9.83. The number of fused-ring (bicyclic) bond motifs is 1. The van der Waals surface area contributed by atoms with Crippen molar-refractivity contribution in [3.05, 3.63) is 77.8 Å². The van der Waals surface area contributed by atoms with E-state index >= 15 is 0 Å². The van der Waals surface area contributed by atoms with E-state index in [2.05, 4.69) is 42.1 Å². The molecule has 0 bridgehead atoms. The van der Waals surface area contributed by atoms with Crippen molar-refractivity contribution in [1.29, 1.82) is 0 Å². The van der Waals surface area contributed by atoms with Gasteiger partial charge in [0.1, 0.15) is 5.65 Å². The fourth-order valence-corrected chi connectivity index (χ4v) is 3.49. The maximum absolute atomic E-state index is 12.5. The van der Waals surface area contributed by atoms with Gasteiger partial charge in [0.15, 0.2) is 0 Å². The Balaban J connectivity index is 1.39. The molecule has 0 saturated heterocycles. The lowest BCUT2D eigenvalue weighted by Crippen LogP contribution is -2.23. The van der Waals surface area contributed by atoms with E-state index in [9.17, 15) is 4.79 Å². The Morgan fingerprint density at radius 3 is 2.69 bits per heavy atom. The van der Waals surface area contributed by atoms with Crippen LogP contribution in [-0.4, -0.2) is 27.5 Å². The zero-order valence-electron chi connectivity index (χ0n) is 17.1. The van der Waals surface area contributed by atoms with Gasteiger partial charge < -0.3 is 9.72 Å². The van der Waals surface area contributed by atoms with E-state index in [1.165, 1.54) is 11.3 Å². The second-order valence-corrected chi connectivity index (χ2v) is 8.43. The summed E-state index contributed by atoms with van der Waals surface area (Å²) in [4.78, 5) is 21.4. The number of aromatic nitrogens is 2. The van der Waals surface area contributed by atoms with Crippen molar-refractivity contribution in [2.24, 2.45) is 10.4 Å². The topological polar surface area (TPSA) is 58.8 Å². The molecule has 148 valence electrons. The van der Waals surface area contributed by atoms with Crippen LogP contribution in [0.15, 0.2) is 66.1 Å². The second-order valence-electron chi connectivity index (χ2n) is 8.43. The molecular weight excluding hydrogens is 360 g/mol. The molecule has 29 heavy (non-hydrogen) atoms. The summed E-state index contributed by atoms with van der Waals surface area (Å²) in [6.45, 7) is 7.81. The first-order chi connectivity index (χ1) is 13.9. The van der Waals surface area contributed by atoms with Crippen LogP contribution in [0.2, 0.25) is 0 Å². The number of carbonyl (C=O) groups excluding carboxylic acids is 1. The molecule has 0 atom stereocenters. The Kier molecular flexibility index (Phi) is 5.05. The molecule has 1 aliphatic heterocycles. The van der Waals surface area contributed by atoms with E-state index in [4.69, 9.17) is 0 Å². The molecule has 3 heterocycles. The molecule has 1 amide bonds. The van der Waals surface area contributed by atoms with Gasteiger partial charge in [0.05, 0.1) is 6.54 Å². The lowest BCUT2D eigenvalue weighted by Gasteiger charge is -2.25. The quantitative estimate of drug-likeness (QED) is 0.716. The van der Waals surface area contributed by atoms with Gasteiger partial charge >= 0.3 is 0 Å². The first-order valence-corrected chi connectivity index (χ1v) is 9.93. The zero-order valence-corrected chi connectivity index (χ0v) is 17.1. The Morgan fingerprint density at radius 1 is 1.14 bits per heavy atom. The SMILES string of the molecule is CC(C)(C)C1=NCC=C(c2ccc(C(=O)NCc3ccc4nccn4c3)cc2)C1. The monoisotopic (exact) mass is 386 g/mol. The van der Waals surface area contributed by atoms with Crippen LogP contribution < -0.4 is 5.32 Å². The first kappa shape index (κ1) is 19.1. The minimum Gasteiger partial charge on any atom is -0.348 e. The van der Waals surface area contributed by atoms with Crippen molar-refractivity contribution >= 4 is 22.8 Å². The third-order valence-corrected chi connectivity index (χ3v) is 5.26. The summed E-state index contributed by atoms with van der Waals surface area (Å²) in [5, 5.41) is 2.99. The van der Waals surface area contributed by atoms with Crippen LogP contribution in [0.3, 0.4) is 0 Å². The van der Waals surface area contributed by atoms with Crippen LogP contribution in [-0.2, 0) is 6.54 Å². The number of hydrogen-bond donors (Lipinski definition) is 1. The lowest BCUT2D eigenvalue weighted by molar-refractivity contribution is 0.0951. The van der Waals surface area contributed by atoms with Crippen LogP contribution in [0, 0.1) is 5.41 Å². The zero-order chi connectivity index (χ0) is 20.4. The third-order valence-electron chi connectivity index (χ3n) is 5.26. The van der Waals surface area contributed by atoms with Gasteiger partial charge in [-0.1, -0.05) is 45.0 Å². The summed E-state index contributed by atoms with van der Waals surface area (Å²) in [5.74, 6) is -0.0724. The van der Waals surface area contributed by atoms with Gasteiger partial charge in [0.2, 0.25) is 0 Å². The molecule has 1 aliphatic rings. The fraction of sp³-hybridized carbons (Fsp3) is 0.292. The second kappa shape index (κ2) is 7.66. The molecule has 0 saturated carbocycles. The molecule has 1 N–H and O–H groups in total. The summed E-state index contributed by atoms with van der Waals surface area (Å²) in [7, 11) is 0. The van der Waals surface area contributed by atoms with Crippen LogP contribution in [0.25, 0.3) is 11.2 Å².